The second-order valence-corrected chi connectivity index (χ2v) is 8.18. The van der Waals surface area contributed by atoms with Crippen LogP contribution in [-0.2, 0) is 20.1 Å². The summed E-state index contributed by atoms with van der Waals surface area (Å²) >= 11 is 0. The molecule has 0 radical (unpaired) electrons. The van der Waals surface area contributed by atoms with E-state index < -0.39 is 0 Å². The summed E-state index contributed by atoms with van der Waals surface area (Å²) in [5.74, 6) is 1.69. The van der Waals surface area contributed by atoms with Crippen molar-refractivity contribution in [2.24, 2.45) is 0 Å². The summed E-state index contributed by atoms with van der Waals surface area (Å²) in [6.07, 6.45) is 0. The number of ether oxygens (including phenoxy) is 2. The summed E-state index contributed by atoms with van der Waals surface area (Å²) in [6, 6.07) is 40.3. The van der Waals surface area contributed by atoms with E-state index in [1.54, 1.807) is 14.2 Å². The molecule has 0 atom stereocenters. The Hall–Kier alpha value is -4.05. The Morgan fingerprint density at radius 3 is 1.24 bits per heavy atom. The Morgan fingerprint density at radius 1 is 0.432 bits per heavy atom. The first kappa shape index (κ1) is 26.0. The molecule has 0 aliphatic rings. The van der Waals surface area contributed by atoms with Gasteiger partial charge in [-0.05, 0) is 48.5 Å². The van der Waals surface area contributed by atoms with Gasteiger partial charge in [0.1, 0.15) is 11.5 Å². The zero-order valence-corrected chi connectivity index (χ0v) is 23.0. The molecule has 0 saturated carbocycles. The predicted molar refractivity (Wildman–Crippen MR) is 147 cm³/mol. The van der Waals surface area contributed by atoms with E-state index in [1.807, 2.05) is 97.1 Å². The third-order valence-electron chi connectivity index (χ3n) is 5.96. The standard InChI is InChI=1S/2C16H13NO.Ir/c2*1-18-16-9-5-3-7-13(16)15-11-10-12-6-2-4-8-14(12)17-15;/h2*2-11H,1H3;/q;;+3. The molecule has 0 amide bonds. The molecule has 0 bridgehead atoms. The van der Waals surface area contributed by atoms with Gasteiger partial charge in [-0.25, -0.2) is 9.97 Å². The third-order valence-corrected chi connectivity index (χ3v) is 5.96. The van der Waals surface area contributed by atoms with E-state index >= 15 is 0 Å². The smallest absolute Gasteiger partial charge is 0.496 e. The summed E-state index contributed by atoms with van der Waals surface area (Å²) in [6.45, 7) is 0. The van der Waals surface area contributed by atoms with Crippen LogP contribution < -0.4 is 9.47 Å². The summed E-state index contributed by atoms with van der Waals surface area (Å²) < 4.78 is 10.7. The van der Waals surface area contributed by atoms with Gasteiger partial charge in [0.05, 0.1) is 36.6 Å². The van der Waals surface area contributed by atoms with Crippen molar-refractivity contribution in [2.75, 3.05) is 14.2 Å². The Morgan fingerprint density at radius 2 is 0.811 bits per heavy atom. The molecule has 0 N–H and O–H groups in total. The molecule has 0 saturated heterocycles. The Labute approximate surface area is 230 Å². The summed E-state index contributed by atoms with van der Waals surface area (Å²) in [7, 11) is 3.36. The van der Waals surface area contributed by atoms with Gasteiger partial charge in [-0.3, -0.25) is 0 Å². The van der Waals surface area contributed by atoms with Gasteiger partial charge in [0, 0.05) is 21.9 Å². The molecule has 0 aliphatic carbocycles. The quantitative estimate of drug-likeness (QED) is 0.193. The molecule has 0 unspecified atom stereocenters. The van der Waals surface area contributed by atoms with Crippen molar-refractivity contribution in [1.82, 2.24) is 9.97 Å². The van der Waals surface area contributed by atoms with E-state index in [1.165, 1.54) is 0 Å². The maximum atomic E-state index is 5.37. The number of hydrogen-bond acceptors (Lipinski definition) is 4. The van der Waals surface area contributed by atoms with Crippen molar-refractivity contribution in [1.29, 1.82) is 0 Å². The van der Waals surface area contributed by atoms with E-state index in [4.69, 9.17) is 9.47 Å². The molecule has 6 rings (SSSR count). The SMILES string of the molecule is COc1ccccc1-c1ccc2ccccc2n1.COc1ccccc1-c1ccc2ccccc2n1.[Ir+3]. The number of rotatable bonds is 4. The number of fused-ring (bicyclic) bond motifs is 2. The monoisotopic (exact) mass is 663 g/mol. The van der Waals surface area contributed by atoms with Gasteiger partial charge in [-0.1, -0.05) is 72.8 Å². The van der Waals surface area contributed by atoms with Gasteiger partial charge < -0.3 is 9.47 Å². The van der Waals surface area contributed by atoms with E-state index in [9.17, 15) is 0 Å². The van der Waals surface area contributed by atoms with Crippen LogP contribution in [0.2, 0.25) is 0 Å². The maximum absolute atomic E-state index is 5.37. The molecule has 5 heteroatoms. The average molecular weight is 663 g/mol. The van der Waals surface area contributed by atoms with Crippen LogP contribution >= 0.6 is 0 Å². The Bertz CT molecular complexity index is 1510. The minimum absolute atomic E-state index is 0. The van der Waals surface area contributed by atoms with Crippen molar-refractivity contribution >= 4 is 21.8 Å². The van der Waals surface area contributed by atoms with Crippen molar-refractivity contribution < 1.29 is 29.6 Å². The van der Waals surface area contributed by atoms with E-state index in [-0.39, 0.29) is 20.1 Å². The maximum Gasteiger partial charge on any atom is 3.00 e. The molecule has 0 fully saturated rings. The number of pyridine rings is 2. The number of methoxy groups -OCH3 is 2. The topological polar surface area (TPSA) is 44.2 Å². The van der Waals surface area contributed by atoms with E-state index in [0.717, 1.165) is 55.8 Å². The van der Waals surface area contributed by atoms with Gasteiger partial charge >= 0.3 is 20.1 Å². The van der Waals surface area contributed by atoms with Crippen LogP contribution in [-0.4, -0.2) is 24.2 Å². The molecule has 182 valence electrons. The number of aromatic nitrogens is 2. The minimum Gasteiger partial charge on any atom is -0.496 e. The normalized spacial score (nSPS) is 10.2. The summed E-state index contributed by atoms with van der Waals surface area (Å²) in [4.78, 5) is 9.35. The van der Waals surface area contributed by atoms with Crippen molar-refractivity contribution in [3.05, 3.63) is 121 Å². The van der Waals surface area contributed by atoms with E-state index in [2.05, 4.69) is 34.2 Å². The first-order valence-corrected chi connectivity index (χ1v) is 11.7. The minimum atomic E-state index is 0. The van der Waals surface area contributed by atoms with Crippen LogP contribution in [0.3, 0.4) is 0 Å². The molecule has 0 spiro atoms. The third kappa shape index (κ3) is 5.86. The van der Waals surface area contributed by atoms with Crippen molar-refractivity contribution in [3.8, 4) is 34.0 Å². The van der Waals surface area contributed by atoms with Crippen LogP contribution in [0.15, 0.2) is 121 Å². The van der Waals surface area contributed by atoms with Crippen LogP contribution in [0.4, 0.5) is 0 Å². The van der Waals surface area contributed by atoms with Gasteiger partial charge in [-0.2, -0.15) is 0 Å². The molecule has 2 aromatic heterocycles. The first-order chi connectivity index (χ1) is 17.8. The fraction of sp³-hybridized carbons (Fsp3) is 0.0625. The molecule has 4 aromatic carbocycles. The molecule has 37 heavy (non-hydrogen) atoms. The Balaban J connectivity index is 0.000000168. The van der Waals surface area contributed by atoms with Crippen molar-refractivity contribution in [2.45, 2.75) is 0 Å². The zero-order chi connectivity index (χ0) is 24.7. The number of para-hydroxylation sites is 4. The van der Waals surface area contributed by atoms with Crippen LogP contribution in [0.1, 0.15) is 0 Å². The molecule has 2 heterocycles. The molecule has 6 aromatic rings. The van der Waals surface area contributed by atoms with Gasteiger partial charge in [0.25, 0.3) is 0 Å². The fourth-order valence-electron chi connectivity index (χ4n) is 4.14. The summed E-state index contributed by atoms with van der Waals surface area (Å²) in [5, 5.41) is 2.30. The van der Waals surface area contributed by atoms with Crippen LogP contribution in [0.5, 0.6) is 11.5 Å². The second-order valence-electron chi connectivity index (χ2n) is 8.18. The molecular weight excluding hydrogens is 637 g/mol. The Kier molecular flexibility index (Phi) is 8.63. The zero-order valence-electron chi connectivity index (χ0n) is 20.6. The van der Waals surface area contributed by atoms with Crippen LogP contribution in [0.25, 0.3) is 44.3 Å². The largest absolute Gasteiger partial charge is 3.00 e. The summed E-state index contributed by atoms with van der Waals surface area (Å²) in [5.41, 5.74) is 5.91. The van der Waals surface area contributed by atoms with Crippen molar-refractivity contribution in [3.63, 3.8) is 0 Å². The predicted octanol–water partition coefficient (Wildman–Crippen LogP) is 7.82. The fourth-order valence-corrected chi connectivity index (χ4v) is 4.14. The van der Waals surface area contributed by atoms with Crippen LogP contribution in [0, 0.1) is 0 Å². The number of nitrogens with zero attached hydrogens (tertiary/aromatic N) is 2. The first-order valence-electron chi connectivity index (χ1n) is 11.7. The van der Waals surface area contributed by atoms with Gasteiger partial charge in [0.15, 0.2) is 0 Å². The molecule has 0 aliphatic heterocycles. The van der Waals surface area contributed by atoms with Gasteiger partial charge in [-0.15, -0.1) is 0 Å². The van der Waals surface area contributed by atoms with Gasteiger partial charge in [0.2, 0.25) is 0 Å². The van der Waals surface area contributed by atoms with E-state index in [0.29, 0.717) is 0 Å². The average Bonchev–Trinajstić information content (AvgIpc) is 2.97. The number of benzene rings is 4. The second kappa shape index (κ2) is 12.3. The molecule has 4 nitrogen and oxygen atoms in total. The number of hydrogen-bond donors (Lipinski definition) is 0. The molecular formula is C32H26IrN2O2+3.